The molecular weight excluding hydrogens is 214 g/mol. The predicted molar refractivity (Wildman–Crippen MR) is 65.4 cm³/mol. The Bertz CT molecular complexity index is 417. The molecule has 0 aromatic carbocycles. The van der Waals surface area contributed by atoms with Gasteiger partial charge in [-0.3, -0.25) is 0 Å². The van der Waals surface area contributed by atoms with Crippen molar-refractivity contribution in [3.05, 3.63) is 18.0 Å². The first-order valence-corrected chi connectivity index (χ1v) is 5.90. The number of hydrogen-bond acceptors (Lipinski definition) is 5. The van der Waals surface area contributed by atoms with Crippen LogP contribution >= 0.6 is 0 Å². The molecule has 1 aromatic rings. The minimum Gasteiger partial charge on any atom is -0.354 e. The van der Waals surface area contributed by atoms with Gasteiger partial charge in [0, 0.05) is 12.7 Å². The number of hydrogen-bond donors (Lipinski definition) is 2. The molecule has 0 radical (unpaired) electrons. The number of piperidine rings is 1. The molecule has 2 heterocycles. The van der Waals surface area contributed by atoms with Crippen molar-refractivity contribution in [1.29, 1.82) is 5.26 Å². The summed E-state index contributed by atoms with van der Waals surface area (Å²) >= 11 is 0. The van der Waals surface area contributed by atoms with Gasteiger partial charge < -0.3 is 10.6 Å². The van der Waals surface area contributed by atoms with E-state index in [-0.39, 0.29) is 5.41 Å². The molecule has 17 heavy (non-hydrogen) atoms. The molecule has 0 atom stereocenters. The van der Waals surface area contributed by atoms with E-state index in [4.69, 9.17) is 5.26 Å². The van der Waals surface area contributed by atoms with E-state index < -0.39 is 0 Å². The van der Waals surface area contributed by atoms with Gasteiger partial charge in [-0.1, -0.05) is 6.92 Å². The Morgan fingerprint density at radius 1 is 1.53 bits per heavy atom. The van der Waals surface area contributed by atoms with Crippen LogP contribution < -0.4 is 10.6 Å². The Kier molecular flexibility index (Phi) is 3.55. The van der Waals surface area contributed by atoms with Crippen LogP contribution in [0.1, 0.15) is 25.5 Å². The van der Waals surface area contributed by atoms with Crippen LogP contribution in [0.15, 0.2) is 12.3 Å². The molecule has 0 saturated carbocycles. The van der Waals surface area contributed by atoms with Crippen LogP contribution in [0.4, 0.5) is 5.95 Å². The number of aromatic nitrogens is 2. The van der Waals surface area contributed by atoms with Crippen molar-refractivity contribution in [2.75, 3.05) is 25.0 Å². The highest BCUT2D eigenvalue weighted by Crippen LogP contribution is 2.27. The van der Waals surface area contributed by atoms with E-state index >= 15 is 0 Å². The van der Waals surface area contributed by atoms with Gasteiger partial charge >= 0.3 is 0 Å². The van der Waals surface area contributed by atoms with Crippen LogP contribution in [0.5, 0.6) is 0 Å². The van der Waals surface area contributed by atoms with Crippen LogP contribution in [0.25, 0.3) is 0 Å². The van der Waals surface area contributed by atoms with Crippen LogP contribution in [-0.4, -0.2) is 29.6 Å². The molecule has 1 aliphatic heterocycles. The second kappa shape index (κ2) is 5.11. The summed E-state index contributed by atoms with van der Waals surface area (Å²) in [4.78, 5) is 8.22. The molecule has 0 bridgehead atoms. The maximum atomic E-state index is 8.75. The topological polar surface area (TPSA) is 73.6 Å². The van der Waals surface area contributed by atoms with Crippen molar-refractivity contribution in [2.45, 2.75) is 19.8 Å². The SMILES string of the molecule is CC1(CNc2nccc(C#N)n2)CCNCC1. The second-order valence-corrected chi connectivity index (χ2v) is 4.79. The van der Waals surface area contributed by atoms with E-state index in [0.717, 1.165) is 32.5 Å². The summed E-state index contributed by atoms with van der Waals surface area (Å²) in [5.41, 5.74) is 0.690. The van der Waals surface area contributed by atoms with Gasteiger partial charge in [0.1, 0.15) is 11.8 Å². The van der Waals surface area contributed by atoms with Gasteiger partial charge in [0.25, 0.3) is 0 Å². The van der Waals surface area contributed by atoms with Gasteiger partial charge in [-0.05, 0) is 37.4 Å². The number of nitrogens with zero attached hydrogens (tertiary/aromatic N) is 3. The third kappa shape index (κ3) is 3.14. The molecule has 5 nitrogen and oxygen atoms in total. The largest absolute Gasteiger partial charge is 0.354 e. The van der Waals surface area contributed by atoms with Crippen molar-refractivity contribution in [3.8, 4) is 6.07 Å². The zero-order chi connectivity index (χ0) is 12.1. The lowest BCUT2D eigenvalue weighted by atomic mass is 9.81. The molecule has 90 valence electrons. The molecular formula is C12H17N5. The smallest absolute Gasteiger partial charge is 0.223 e. The summed E-state index contributed by atoms with van der Waals surface area (Å²) in [6, 6.07) is 3.62. The van der Waals surface area contributed by atoms with E-state index in [2.05, 4.69) is 27.5 Å². The van der Waals surface area contributed by atoms with E-state index in [0.29, 0.717) is 11.6 Å². The second-order valence-electron chi connectivity index (χ2n) is 4.79. The van der Waals surface area contributed by atoms with Gasteiger partial charge in [-0.25, -0.2) is 9.97 Å². The molecule has 1 saturated heterocycles. The zero-order valence-corrected chi connectivity index (χ0v) is 10.0. The highest BCUT2D eigenvalue weighted by molar-refractivity contribution is 5.30. The molecule has 0 amide bonds. The lowest BCUT2D eigenvalue weighted by molar-refractivity contribution is 0.247. The summed E-state index contributed by atoms with van der Waals surface area (Å²) < 4.78 is 0. The third-order valence-corrected chi connectivity index (χ3v) is 3.25. The first kappa shape index (κ1) is 11.8. The van der Waals surface area contributed by atoms with Crippen LogP contribution in [0, 0.1) is 16.7 Å². The van der Waals surface area contributed by atoms with Crippen molar-refractivity contribution in [2.24, 2.45) is 5.41 Å². The average molecular weight is 231 g/mol. The first-order valence-electron chi connectivity index (χ1n) is 5.90. The van der Waals surface area contributed by atoms with E-state index in [9.17, 15) is 0 Å². The maximum absolute atomic E-state index is 8.75. The number of nitriles is 1. The maximum Gasteiger partial charge on any atom is 0.223 e. The summed E-state index contributed by atoms with van der Waals surface area (Å²) in [5, 5.41) is 15.3. The lowest BCUT2D eigenvalue weighted by Crippen LogP contribution is -2.39. The highest BCUT2D eigenvalue weighted by atomic mass is 15.1. The monoisotopic (exact) mass is 231 g/mol. The normalized spacial score (nSPS) is 18.4. The number of anilines is 1. The fourth-order valence-electron chi connectivity index (χ4n) is 2.01. The molecule has 1 aromatic heterocycles. The average Bonchev–Trinajstić information content (AvgIpc) is 2.38. The van der Waals surface area contributed by atoms with Gasteiger partial charge in [-0.15, -0.1) is 0 Å². The third-order valence-electron chi connectivity index (χ3n) is 3.25. The number of nitrogens with one attached hydrogen (secondary N) is 2. The molecule has 0 spiro atoms. The Hall–Kier alpha value is -1.67. The van der Waals surface area contributed by atoms with Crippen molar-refractivity contribution in [1.82, 2.24) is 15.3 Å². The molecule has 2 N–H and O–H groups in total. The van der Waals surface area contributed by atoms with Crippen molar-refractivity contribution < 1.29 is 0 Å². The standard InChI is InChI=1S/C12H17N5/c1-12(3-6-14-7-4-12)9-16-11-15-5-2-10(8-13)17-11/h2,5,14H,3-4,6-7,9H2,1H3,(H,15,16,17). The Labute approximate surface area is 101 Å². The van der Waals surface area contributed by atoms with E-state index in [1.807, 2.05) is 6.07 Å². The van der Waals surface area contributed by atoms with Crippen molar-refractivity contribution in [3.63, 3.8) is 0 Å². The first-order chi connectivity index (χ1) is 8.22. The quantitative estimate of drug-likeness (QED) is 0.816. The highest BCUT2D eigenvalue weighted by Gasteiger charge is 2.26. The lowest BCUT2D eigenvalue weighted by Gasteiger charge is -2.34. The summed E-state index contributed by atoms with van der Waals surface area (Å²) in [6.07, 6.45) is 3.91. The fraction of sp³-hybridized carbons (Fsp3) is 0.583. The van der Waals surface area contributed by atoms with E-state index in [1.54, 1.807) is 12.3 Å². The van der Waals surface area contributed by atoms with Gasteiger partial charge in [0.15, 0.2) is 0 Å². The van der Waals surface area contributed by atoms with Crippen LogP contribution in [0.2, 0.25) is 0 Å². The van der Waals surface area contributed by atoms with E-state index in [1.165, 1.54) is 0 Å². The molecule has 2 rings (SSSR count). The zero-order valence-electron chi connectivity index (χ0n) is 10.0. The van der Waals surface area contributed by atoms with Crippen molar-refractivity contribution >= 4 is 5.95 Å². The summed E-state index contributed by atoms with van der Waals surface area (Å²) in [7, 11) is 0. The van der Waals surface area contributed by atoms with Gasteiger partial charge in [0.05, 0.1) is 0 Å². The number of rotatable bonds is 3. The van der Waals surface area contributed by atoms with Gasteiger partial charge in [0.2, 0.25) is 5.95 Å². The summed E-state index contributed by atoms with van der Waals surface area (Å²) in [5.74, 6) is 0.545. The minimum absolute atomic E-state index is 0.289. The molecule has 1 fully saturated rings. The molecule has 0 unspecified atom stereocenters. The predicted octanol–water partition coefficient (Wildman–Crippen LogP) is 1.15. The summed E-state index contributed by atoms with van der Waals surface area (Å²) in [6.45, 7) is 5.26. The minimum atomic E-state index is 0.289. The van der Waals surface area contributed by atoms with Crippen LogP contribution in [0.3, 0.4) is 0 Å². The Balaban J connectivity index is 1.95. The van der Waals surface area contributed by atoms with Crippen LogP contribution in [-0.2, 0) is 0 Å². The molecule has 0 aliphatic carbocycles. The Morgan fingerprint density at radius 2 is 2.29 bits per heavy atom. The molecule has 5 heteroatoms. The Morgan fingerprint density at radius 3 is 3.00 bits per heavy atom. The molecule has 1 aliphatic rings. The fourth-order valence-corrected chi connectivity index (χ4v) is 2.01. The van der Waals surface area contributed by atoms with Gasteiger partial charge in [-0.2, -0.15) is 5.26 Å².